The molecular formula is C13H17F3N2O. The number of alkyl halides is 2. The fourth-order valence-corrected chi connectivity index (χ4v) is 2.33. The van der Waals surface area contributed by atoms with Crippen molar-refractivity contribution in [1.82, 2.24) is 10.2 Å². The zero-order valence-electron chi connectivity index (χ0n) is 10.7. The summed E-state index contributed by atoms with van der Waals surface area (Å²) in [7, 11) is 1.43. The van der Waals surface area contributed by atoms with Gasteiger partial charge in [-0.1, -0.05) is 0 Å². The minimum Gasteiger partial charge on any atom is -0.497 e. The summed E-state index contributed by atoms with van der Waals surface area (Å²) in [6.45, 7) is 2.22. The van der Waals surface area contributed by atoms with E-state index in [1.165, 1.54) is 25.3 Å². The van der Waals surface area contributed by atoms with Gasteiger partial charge in [-0.3, -0.25) is 4.90 Å². The Kier molecular flexibility index (Phi) is 4.66. The first-order chi connectivity index (χ1) is 9.13. The lowest BCUT2D eigenvalue weighted by atomic mass is 10.0. The molecule has 0 radical (unpaired) electrons. The molecule has 19 heavy (non-hydrogen) atoms. The largest absolute Gasteiger partial charge is 0.497 e. The Morgan fingerprint density at radius 1 is 1.26 bits per heavy atom. The van der Waals surface area contributed by atoms with Crippen molar-refractivity contribution < 1.29 is 17.9 Å². The van der Waals surface area contributed by atoms with Crippen LogP contribution in [0.25, 0.3) is 0 Å². The van der Waals surface area contributed by atoms with E-state index in [1.54, 1.807) is 4.90 Å². The highest BCUT2D eigenvalue weighted by Crippen LogP contribution is 2.32. The summed E-state index contributed by atoms with van der Waals surface area (Å²) >= 11 is 0. The molecule has 1 saturated heterocycles. The Morgan fingerprint density at radius 3 is 2.53 bits per heavy atom. The van der Waals surface area contributed by atoms with Gasteiger partial charge in [0.1, 0.15) is 11.6 Å². The predicted molar refractivity (Wildman–Crippen MR) is 66.1 cm³/mol. The van der Waals surface area contributed by atoms with E-state index in [4.69, 9.17) is 4.74 Å². The number of halogens is 3. The lowest BCUT2D eigenvalue weighted by Gasteiger charge is -2.34. The standard InChI is InChI=1S/C13H17F3N2O/c1-19-9-2-3-11(14)10(8-9)12(13(15)16)18-6-4-17-5-7-18/h2-3,8,12-13,17H,4-7H2,1H3/t12-/m0/s1. The fourth-order valence-electron chi connectivity index (χ4n) is 2.33. The summed E-state index contributed by atoms with van der Waals surface area (Å²) in [6, 6.07) is 2.73. The van der Waals surface area contributed by atoms with Crippen molar-refractivity contribution in [3.8, 4) is 5.75 Å². The summed E-state index contributed by atoms with van der Waals surface area (Å²) < 4.78 is 45.5. The van der Waals surface area contributed by atoms with Gasteiger partial charge in [-0.2, -0.15) is 0 Å². The lowest BCUT2D eigenvalue weighted by molar-refractivity contribution is 0.0163. The first-order valence-corrected chi connectivity index (χ1v) is 6.20. The van der Waals surface area contributed by atoms with Crippen LogP contribution in [-0.2, 0) is 0 Å². The van der Waals surface area contributed by atoms with Crippen molar-refractivity contribution in [3.05, 3.63) is 29.6 Å². The minimum atomic E-state index is -2.64. The maximum Gasteiger partial charge on any atom is 0.258 e. The summed E-state index contributed by atoms with van der Waals surface area (Å²) in [4.78, 5) is 1.61. The Labute approximate surface area is 110 Å². The van der Waals surface area contributed by atoms with Gasteiger partial charge in [-0.15, -0.1) is 0 Å². The van der Waals surface area contributed by atoms with Gasteiger partial charge in [0.05, 0.1) is 13.2 Å². The van der Waals surface area contributed by atoms with Crippen LogP contribution in [0.5, 0.6) is 5.75 Å². The second kappa shape index (κ2) is 6.25. The van der Waals surface area contributed by atoms with Crippen LogP contribution >= 0.6 is 0 Å². The first-order valence-electron chi connectivity index (χ1n) is 6.20. The number of rotatable bonds is 4. The molecule has 1 fully saturated rings. The number of hydrogen-bond donors (Lipinski definition) is 1. The highest BCUT2D eigenvalue weighted by atomic mass is 19.3. The van der Waals surface area contributed by atoms with Crippen molar-refractivity contribution >= 4 is 0 Å². The molecule has 1 aliphatic rings. The van der Waals surface area contributed by atoms with E-state index in [0.29, 0.717) is 31.9 Å². The molecule has 1 aromatic carbocycles. The van der Waals surface area contributed by atoms with Crippen LogP contribution in [0.2, 0.25) is 0 Å². The molecule has 1 N–H and O–H groups in total. The van der Waals surface area contributed by atoms with Gasteiger partial charge in [0, 0.05) is 31.7 Å². The third kappa shape index (κ3) is 3.19. The third-order valence-corrected chi connectivity index (χ3v) is 3.31. The Morgan fingerprint density at radius 2 is 1.95 bits per heavy atom. The van der Waals surface area contributed by atoms with Gasteiger partial charge >= 0.3 is 0 Å². The summed E-state index contributed by atoms with van der Waals surface area (Å²) in [5, 5.41) is 3.09. The smallest absolute Gasteiger partial charge is 0.258 e. The van der Waals surface area contributed by atoms with E-state index in [0.717, 1.165) is 0 Å². The molecule has 0 bridgehead atoms. The van der Waals surface area contributed by atoms with Crippen molar-refractivity contribution in [2.75, 3.05) is 33.3 Å². The molecule has 1 heterocycles. The molecule has 2 rings (SSSR count). The second-order valence-electron chi connectivity index (χ2n) is 4.45. The highest BCUT2D eigenvalue weighted by Gasteiger charge is 2.32. The third-order valence-electron chi connectivity index (χ3n) is 3.31. The van der Waals surface area contributed by atoms with Crippen LogP contribution < -0.4 is 10.1 Å². The summed E-state index contributed by atoms with van der Waals surface area (Å²) in [6.07, 6.45) is -2.64. The molecule has 0 aromatic heterocycles. The fraction of sp³-hybridized carbons (Fsp3) is 0.538. The maximum absolute atomic E-state index is 13.8. The molecule has 1 aliphatic heterocycles. The Balaban J connectivity index is 2.32. The second-order valence-corrected chi connectivity index (χ2v) is 4.45. The Hall–Kier alpha value is -1.27. The van der Waals surface area contributed by atoms with Gasteiger partial charge in [0.15, 0.2) is 0 Å². The molecule has 0 amide bonds. The van der Waals surface area contributed by atoms with E-state index in [2.05, 4.69) is 5.32 Å². The van der Waals surface area contributed by atoms with Crippen LogP contribution in [0.1, 0.15) is 11.6 Å². The van der Waals surface area contributed by atoms with Gasteiger partial charge in [-0.05, 0) is 18.2 Å². The van der Waals surface area contributed by atoms with Gasteiger partial charge in [0.2, 0.25) is 0 Å². The molecule has 1 aromatic rings. The van der Waals surface area contributed by atoms with E-state index in [1.807, 2.05) is 0 Å². The van der Waals surface area contributed by atoms with Gasteiger partial charge in [-0.25, -0.2) is 13.2 Å². The number of piperazine rings is 1. The van der Waals surface area contributed by atoms with Gasteiger partial charge < -0.3 is 10.1 Å². The highest BCUT2D eigenvalue weighted by molar-refractivity contribution is 5.32. The van der Waals surface area contributed by atoms with Gasteiger partial charge in [0.25, 0.3) is 6.43 Å². The number of hydrogen-bond acceptors (Lipinski definition) is 3. The monoisotopic (exact) mass is 274 g/mol. The summed E-state index contributed by atoms with van der Waals surface area (Å²) in [5.74, 6) is -0.234. The normalized spacial score (nSPS) is 18.6. The molecular weight excluding hydrogens is 257 g/mol. The van der Waals surface area contributed by atoms with Crippen molar-refractivity contribution in [2.24, 2.45) is 0 Å². The van der Waals surface area contributed by atoms with Crippen LogP contribution in [-0.4, -0.2) is 44.6 Å². The van der Waals surface area contributed by atoms with Crippen LogP contribution in [0.4, 0.5) is 13.2 Å². The number of benzene rings is 1. The van der Waals surface area contributed by atoms with Crippen LogP contribution in [0.3, 0.4) is 0 Å². The average molecular weight is 274 g/mol. The lowest BCUT2D eigenvalue weighted by Crippen LogP contribution is -2.47. The van der Waals surface area contributed by atoms with E-state index in [-0.39, 0.29) is 5.56 Å². The number of nitrogens with one attached hydrogen (secondary N) is 1. The minimum absolute atomic E-state index is 0.00347. The topological polar surface area (TPSA) is 24.5 Å². The average Bonchev–Trinajstić information content (AvgIpc) is 2.42. The van der Waals surface area contributed by atoms with Crippen molar-refractivity contribution in [1.29, 1.82) is 0 Å². The first kappa shape index (κ1) is 14.1. The molecule has 6 heteroatoms. The number of nitrogens with zero attached hydrogens (tertiary/aromatic N) is 1. The quantitative estimate of drug-likeness (QED) is 0.909. The van der Waals surface area contributed by atoms with Crippen molar-refractivity contribution in [2.45, 2.75) is 12.5 Å². The number of ether oxygens (including phenoxy) is 1. The van der Waals surface area contributed by atoms with E-state index in [9.17, 15) is 13.2 Å². The Bertz CT molecular complexity index is 422. The molecule has 106 valence electrons. The zero-order valence-corrected chi connectivity index (χ0v) is 10.7. The van der Waals surface area contributed by atoms with Crippen molar-refractivity contribution in [3.63, 3.8) is 0 Å². The molecule has 0 spiro atoms. The SMILES string of the molecule is COc1ccc(F)c([C@@H](C(F)F)N2CCNCC2)c1. The van der Waals surface area contributed by atoms with E-state index >= 15 is 0 Å². The molecule has 0 aliphatic carbocycles. The molecule has 0 saturated carbocycles. The predicted octanol–water partition coefficient (Wildman–Crippen LogP) is 2.05. The van der Waals surface area contributed by atoms with Crippen LogP contribution in [0, 0.1) is 5.82 Å². The molecule has 0 unspecified atom stereocenters. The maximum atomic E-state index is 13.8. The number of methoxy groups -OCH3 is 1. The molecule has 1 atom stereocenters. The molecule has 3 nitrogen and oxygen atoms in total. The van der Waals surface area contributed by atoms with Crippen LogP contribution in [0.15, 0.2) is 18.2 Å². The zero-order chi connectivity index (χ0) is 13.8. The summed E-state index contributed by atoms with van der Waals surface area (Å²) in [5.41, 5.74) is -0.00347. The van der Waals surface area contributed by atoms with E-state index < -0.39 is 18.3 Å².